The van der Waals surface area contributed by atoms with Gasteiger partial charge in [-0.3, -0.25) is 0 Å². The molecule has 0 spiro atoms. The molecule has 5 nitrogen and oxygen atoms in total. The molecular formula is C18H24N2O3S. The Morgan fingerprint density at radius 1 is 1.42 bits per heavy atom. The summed E-state index contributed by atoms with van der Waals surface area (Å²) < 4.78 is 6.69. The van der Waals surface area contributed by atoms with Crippen molar-refractivity contribution in [1.29, 1.82) is 0 Å². The van der Waals surface area contributed by atoms with Gasteiger partial charge in [-0.25, -0.2) is 9.78 Å². The molecular weight excluding hydrogens is 324 g/mol. The monoisotopic (exact) mass is 348 g/mol. The fourth-order valence-corrected chi connectivity index (χ4v) is 3.73. The van der Waals surface area contributed by atoms with E-state index in [-0.39, 0.29) is 18.1 Å². The van der Waals surface area contributed by atoms with Crippen molar-refractivity contribution in [3.8, 4) is 0 Å². The molecule has 1 fully saturated rings. The summed E-state index contributed by atoms with van der Waals surface area (Å²) in [7, 11) is 0. The summed E-state index contributed by atoms with van der Waals surface area (Å²) in [5.41, 5.74) is 3.19. The number of aliphatic hydroxyl groups excluding tert-OH is 1. The van der Waals surface area contributed by atoms with Gasteiger partial charge in [0, 0.05) is 6.54 Å². The van der Waals surface area contributed by atoms with Crippen LogP contribution in [0, 0.1) is 5.92 Å². The summed E-state index contributed by atoms with van der Waals surface area (Å²) in [5.74, 6) is 0.0248. The number of aromatic nitrogens is 1. The zero-order chi connectivity index (χ0) is 17.5. The van der Waals surface area contributed by atoms with Gasteiger partial charge in [0.25, 0.3) is 0 Å². The van der Waals surface area contributed by atoms with Crippen molar-refractivity contribution >= 4 is 27.6 Å². The van der Waals surface area contributed by atoms with E-state index in [9.17, 15) is 9.90 Å². The molecule has 24 heavy (non-hydrogen) atoms. The Hall–Kier alpha value is -1.66. The van der Waals surface area contributed by atoms with Gasteiger partial charge in [0.1, 0.15) is 5.60 Å². The molecule has 1 amide bonds. The van der Waals surface area contributed by atoms with Crippen LogP contribution in [0.25, 0.3) is 10.2 Å². The van der Waals surface area contributed by atoms with Gasteiger partial charge in [-0.05, 0) is 50.8 Å². The Balaban J connectivity index is 1.92. The lowest BCUT2D eigenvalue weighted by Crippen LogP contribution is -2.48. The quantitative estimate of drug-likeness (QED) is 0.847. The maximum Gasteiger partial charge on any atom is 0.410 e. The number of ether oxygens (including phenoxy) is 1. The molecule has 1 aliphatic heterocycles. The average Bonchev–Trinajstić information content (AvgIpc) is 2.95. The van der Waals surface area contributed by atoms with E-state index >= 15 is 0 Å². The molecule has 1 aromatic heterocycles. The lowest BCUT2D eigenvalue weighted by molar-refractivity contribution is -0.0271. The minimum atomic E-state index is -0.542. The molecule has 1 saturated heterocycles. The van der Waals surface area contributed by atoms with Crippen LogP contribution < -0.4 is 0 Å². The largest absolute Gasteiger partial charge is 0.444 e. The molecule has 1 N–H and O–H groups in total. The summed E-state index contributed by atoms with van der Waals surface area (Å²) in [6.45, 7) is 8.04. The van der Waals surface area contributed by atoms with Crippen LogP contribution >= 0.6 is 11.3 Å². The standard InChI is InChI=1S/C18H24N2O3S/c1-11-9-20(17(22)23-18(2,3)4)14(8-15(11)21)12-5-6-16-13(7-12)19-10-24-16/h5-7,10-11,14-15,21H,8-9H2,1-4H3/t11-,14-,15?/m0/s1. The van der Waals surface area contributed by atoms with Crippen LogP contribution in [0.15, 0.2) is 23.7 Å². The number of thiazole rings is 1. The van der Waals surface area contributed by atoms with Crippen molar-refractivity contribution in [3.05, 3.63) is 29.3 Å². The fraction of sp³-hybridized carbons (Fsp3) is 0.556. The SMILES string of the molecule is C[C@H]1CN(C(=O)OC(C)(C)C)[C@H](c2ccc3scnc3c2)CC1O. The number of hydrogen-bond donors (Lipinski definition) is 1. The maximum absolute atomic E-state index is 12.7. The number of hydrogen-bond acceptors (Lipinski definition) is 5. The van der Waals surface area contributed by atoms with Gasteiger partial charge >= 0.3 is 6.09 Å². The van der Waals surface area contributed by atoms with Crippen LogP contribution in [0.1, 0.15) is 45.7 Å². The highest BCUT2D eigenvalue weighted by Crippen LogP contribution is 2.36. The number of piperidine rings is 1. The van der Waals surface area contributed by atoms with Crippen molar-refractivity contribution in [2.24, 2.45) is 5.92 Å². The van der Waals surface area contributed by atoms with Crippen LogP contribution in [0.4, 0.5) is 4.79 Å². The van der Waals surface area contributed by atoms with Crippen LogP contribution in [0.5, 0.6) is 0 Å². The van der Waals surface area contributed by atoms with Gasteiger partial charge in [-0.15, -0.1) is 11.3 Å². The highest BCUT2D eigenvalue weighted by atomic mass is 32.1. The molecule has 0 aliphatic carbocycles. The first kappa shape index (κ1) is 17.2. The Kier molecular flexibility index (Phi) is 4.53. The normalized spacial score (nSPS) is 25.0. The van der Waals surface area contributed by atoms with Crippen molar-refractivity contribution in [2.75, 3.05) is 6.54 Å². The lowest BCUT2D eigenvalue weighted by Gasteiger charge is -2.41. The number of nitrogens with zero attached hydrogens (tertiary/aromatic N) is 2. The second kappa shape index (κ2) is 6.33. The Morgan fingerprint density at radius 3 is 2.88 bits per heavy atom. The number of likely N-dealkylation sites (tertiary alicyclic amines) is 1. The van der Waals surface area contributed by atoms with Crippen molar-refractivity contribution in [2.45, 2.75) is 51.9 Å². The first-order valence-electron chi connectivity index (χ1n) is 8.25. The van der Waals surface area contributed by atoms with Gasteiger partial charge in [-0.1, -0.05) is 13.0 Å². The molecule has 3 atom stereocenters. The minimum absolute atomic E-state index is 0.0248. The average molecular weight is 348 g/mol. The highest BCUT2D eigenvalue weighted by Gasteiger charge is 2.38. The van der Waals surface area contributed by atoms with Gasteiger partial charge in [0.2, 0.25) is 0 Å². The summed E-state index contributed by atoms with van der Waals surface area (Å²) in [6, 6.07) is 5.86. The number of benzene rings is 1. The molecule has 0 saturated carbocycles. The Bertz CT molecular complexity index is 737. The topological polar surface area (TPSA) is 62.7 Å². The Morgan fingerprint density at radius 2 is 2.17 bits per heavy atom. The third kappa shape index (κ3) is 3.54. The zero-order valence-corrected chi connectivity index (χ0v) is 15.3. The van der Waals surface area contributed by atoms with Gasteiger partial charge in [-0.2, -0.15) is 0 Å². The third-order valence-corrected chi connectivity index (χ3v) is 5.16. The summed E-state index contributed by atoms with van der Waals surface area (Å²) in [5, 5.41) is 10.3. The third-order valence-electron chi connectivity index (χ3n) is 4.35. The summed E-state index contributed by atoms with van der Waals surface area (Å²) >= 11 is 1.59. The van der Waals surface area contributed by atoms with Gasteiger partial charge < -0.3 is 14.7 Å². The van der Waals surface area contributed by atoms with Crippen molar-refractivity contribution in [3.63, 3.8) is 0 Å². The number of aliphatic hydroxyl groups is 1. The van der Waals surface area contributed by atoms with Crippen LogP contribution in [0.3, 0.4) is 0 Å². The lowest BCUT2D eigenvalue weighted by atomic mass is 9.88. The summed E-state index contributed by atoms with van der Waals surface area (Å²) in [4.78, 5) is 18.8. The molecule has 6 heteroatoms. The second-order valence-corrected chi connectivity index (χ2v) is 8.39. The molecule has 1 unspecified atom stereocenters. The fourth-order valence-electron chi connectivity index (χ4n) is 3.07. The molecule has 1 aromatic carbocycles. The van der Waals surface area contributed by atoms with E-state index in [0.29, 0.717) is 13.0 Å². The number of fused-ring (bicyclic) bond motifs is 1. The van der Waals surface area contributed by atoms with E-state index in [0.717, 1.165) is 15.8 Å². The minimum Gasteiger partial charge on any atom is -0.444 e. The number of carbonyl (C=O) groups is 1. The van der Waals surface area contributed by atoms with Crippen LogP contribution in [-0.2, 0) is 4.74 Å². The maximum atomic E-state index is 12.7. The van der Waals surface area contributed by atoms with E-state index in [2.05, 4.69) is 4.98 Å². The highest BCUT2D eigenvalue weighted by molar-refractivity contribution is 7.16. The van der Waals surface area contributed by atoms with E-state index in [1.807, 2.05) is 51.4 Å². The number of rotatable bonds is 1. The number of carbonyl (C=O) groups excluding carboxylic acids is 1. The van der Waals surface area contributed by atoms with Gasteiger partial charge in [0.05, 0.1) is 27.9 Å². The van der Waals surface area contributed by atoms with Crippen molar-refractivity contribution < 1.29 is 14.6 Å². The van der Waals surface area contributed by atoms with Crippen molar-refractivity contribution in [1.82, 2.24) is 9.88 Å². The molecule has 0 radical (unpaired) electrons. The molecule has 2 aromatic rings. The predicted molar refractivity (Wildman–Crippen MR) is 95.1 cm³/mol. The molecule has 130 valence electrons. The Labute approximate surface area is 146 Å². The van der Waals surface area contributed by atoms with E-state index in [1.54, 1.807) is 16.2 Å². The smallest absolute Gasteiger partial charge is 0.410 e. The summed E-state index contributed by atoms with van der Waals surface area (Å²) in [6.07, 6.45) is -0.250. The van der Waals surface area contributed by atoms with E-state index < -0.39 is 11.7 Å². The first-order valence-corrected chi connectivity index (χ1v) is 9.13. The molecule has 1 aliphatic rings. The molecule has 0 bridgehead atoms. The van der Waals surface area contributed by atoms with Crippen LogP contribution in [-0.4, -0.2) is 39.3 Å². The van der Waals surface area contributed by atoms with Crippen LogP contribution in [0.2, 0.25) is 0 Å². The zero-order valence-electron chi connectivity index (χ0n) is 14.5. The molecule has 3 rings (SSSR count). The van der Waals surface area contributed by atoms with E-state index in [1.165, 1.54) is 0 Å². The predicted octanol–water partition coefficient (Wildman–Crippen LogP) is 3.98. The van der Waals surface area contributed by atoms with E-state index in [4.69, 9.17) is 4.74 Å². The van der Waals surface area contributed by atoms with Gasteiger partial charge in [0.15, 0.2) is 0 Å². The molecule has 2 heterocycles. The number of amides is 1. The second-order valence-electron chi connectivity index (χ2n) is 7.51. The first-order chi connectivity index (χ1) is 11.2.